The van der Waals surface area contributed by atoms with Crippen molar-refractivity contribution >= 4 is 17.6 Å². The standard InChI is InChI=1S/C10H8N2O2S/c13-12(14)9-5-1-2-6-10(9)15-11-7-3-4-8-11/h1-8H. The third kappa shape index (κ3) is 2.19. The summed E-state index contributed by atoms with van der Waals surface area (Å²) in [7, 11) is 0. The highest BCUT2D eigenvalue weighted by Crippen LogP contribution is 2.29. The second-order valence-corrected chi connectivity index (χ2v) is 3.90. The van der Waals surface area contributed by atoms with E-state index in [-0.39, 0.29) is 10.6 Å². The van der Waals surface area contributed by atoms with Gasteiger partial charge in [0.2, 0.25) is 0 Å². The second-order valence-electron chi connectivity index (χ2n) is 2.86. The topological polar surface area (TPSA) is 48.1 Å². The zero-order valence-electron chi connectivity index (χ0n) is 7.74. The Morgan fingerprint density at radius 3 is 2.47 bits per heavy atom. The Bertz CT molecular complexity index is 468. The predicted octanol–water partition coefficient (Wildman–Crippen LogP) is 2.95. The van der Waals surface area contributed by atoms with Gasteiger partial charge >= 0.3 is 0 Å². The average molecular weight is 220 g/mol. The second kappa shape index (κ2) is 4.18. The van der Waals surface area contributed by atoms with Gasteiger partial charge in [0, 0.05) is 18.5 Å². The Kier molecular flexibility index (Phi) is 2.73. The van der Waals surface area contributed by atoms with E-state index in [1.165, 1.54) is 18.0 Å². The van der Waals surface area contributed by atoms with Crippen molar-refractivity contribution in [1.29, 1.82) is 0 Å². The van der Waals surface area contributed by atoms with E-state index < -0.39 is 0 Å². The Balaban J connectivity index is 2.32. The van der Waals surface area contributed by atoms with E-state index in [2.05, 4.69) is 0 Å². The van der Waals surface area contributed by atoms with Crippen molar-refractivity contribution < 1.29 is 4.92 Å². The summed E-state index contributed by atoms with van der Waals surface area (Å²) in [6, 6.07) is 10.5. The molecule has 0 N–H and O–H groups in total. The lowest BCUT2D eigenvalue weighted by atomic mass is 10.3. The van der Waals surface area contributed by atoms with Gasteiger partial charge in [-0.05, 0) is 30.1 Å². The van der Waals surface area contributed by atoms with E-state index in [4.69, 9.17) is 0 Å². The molecule has 2 aromatic rings. The molecule has 0 saturated carbocycles. The first-order chi connectivity index (χ1) is 7.27. The molecule has 0 aliphatic rings. The fourth-order valence-corrected chi connectivity index (χ4v) is 2.04. The number of hydrogen-bond acceptors (Lipinski definition) is 3. The van der Waals surface area contributed by atoms with E-state index in [1.807, 2.05) is 28.5 Å². The van der Waals surface area contributed by atoms with E-state index in [0.29, 0.717) is 4.90 Å². The van der Waals surface area contributed by atoms with Crippen LogP contribution in [0.1, 0.15) is 0 Å². The van der Waals surface area contributed by atoms with Gasteiger partial charge in [0.1, 0.15) is 4.90 Å². The van der Waals surface area contributed by atoms with E-state index in [9.17, 15) is 10.1 Å². The Hall–Kier alpha value is -1.75. The predicted molar refractivity (Wildman–Crippen MR) is 58.8 cm³/mol. The molecule has 0 aliphatic heterocycles. The highest BCUT2D eigenvalue weighted by Gasteiger charge is 2.12. The van der Waals surface area contributed by atoms with Crippen LogP contribution < -0.4 is 0 Å². The Morgan fingerprint density at radius 1 is 1.13 bits per heavy atom. The number of benzene rings is 1. The molecule has 5 heteroatoms. The molecule has 0 fully saturated rings. The van der Waals surface area contributed by atoms with Crippen LogP contribution in [0.15, 0.2) is 53.7 Å². The van der Waals surface area contributed by atoms with Gasteiger partial charge in [0.05, 0.1) is 4.92 Å². The monoisotopic (exact) mass is 220 g/mol. The summed E-state index contributed by atoms with van der Waals surface area (Å²) in [5.74, 6) is 0. The number of nitro benzene ring substituents is 1. The first kappa shape index (κ1) is 9.79. The smallest absolute Gasteiger partial charge is 0.284 e. The van der Waals surface area contributed by atoms with Crippen LogP contribution in [0.25, 0.3) is 0 Å². The van der Waals surface area contributed by atoms with Gasteiger partial charge < -0.3 is 0 Å². The molecule has 0 radical (unpaired) electrons. The zero-order valence-corrected chi connectivity index (χ0v) is 8.55. The van der Waals surface area contributed by atoms with Gasteiger partial charge in [-0.3, -0.25) is 14.1 Å². The molecule has 0 saturated heterocycles. The highest BCUT2D eigenvalue weighted by molar-refractivity contribution is 7.98. The number of para-hydroxylation sites is 1. The summed E-state index contributed by atoms with van der Waals surface area (Å²) in [4.78, 5) is 11.0. The van der Waals surface area contributed by atoms with Crippen LogP contribution in [0.5, 0.6) is 0 Å². The molecule has 1 aromatic heterocycles. The minimum Gasteiger partial charge on any atom is -0.295 e. The lowest BCUT2D eigenvalue weighted by Gasteiger charge is -2.02. The fraction of sp³-hybridized carbons (Fsp3) is 0. The van der Waals surface area contributed by atoms with Crippen LogP contribution in [0.4, 0.5) is 5.69 Å². The van der Waals surface area contributed by atoms with Crippen LogP contribution in [0, 0.1) is 10.1 Å². The lowest BCUT2D eigenvalue weighted by Crippen LogP contribution is -1.91. The molecule has 0 bridgehead atoms. The third-order valence-electron chi connectivity index (χ3n) is 1.84. The maximum absolute atomic E-state index is 10.7. The van der Waals surface area contributed by atoms with Crippen LogP contribution in [-0.2, 0) is 0 Å². The molecular weight excluding hydrogens is 212 g/mol. The molecular formula is C10H8N2O2S. The molecule has 0 unspecified atom stereocenters. The third-order valence-corrected chi connectivity index (χ3v) is 2.84. The number of aromatic nitrogens is 1. The van der Waals surface area contributed by atoms with Crippen molar-refractivity contribution in [2.24, 2.45) is 0 Å². The minimum absolute atomic E-state index is 0.135. The number of nitrogens with zero attached hydrogens (tertiary/aromatic N) is 2. The normalized spacial score (nSPS) is 10.1. The van der Waals surface area contributed by atoms with E-state index in [0.717, 1.165) is 0 Å². The highest BCUT2D eigenvalue weighted by atomic mass is 32.2. The molecule has 0 aliphatic carbocycles. The molecule has 76 valence electrons. The Labute approximate surface area is 90.8 Å². The van der Waals surface area contributed by atoms with Gasteiger partial charge in [0.25, 0.3) is 5.69 Å². The van der Waals surface area contributed by atoms with Crippen LogP contribution in [0.3, 0.4) is 0 Å². The SMILES string of the molecule is O=[N+]([O-])c1ccccc1Sn1cccc1. The van der Waals surface area contributed by atoms with Crippen LogP contribution in [-0.4, -0.2) is 8.90 Å². The van der Waals surface area contributed by atoms with Gasteiger partial charge in [-0.25, -0.2) is 0 Å². The van der Waals surface area contributed by atoms with Crippen molar-refractivity contribution in [2.45, 2.75) is 4.90 Å². The first-order valence-electron chi connectivity index (χ1n) is 4.32. The van der Waals surface area contributed by atoms with Crippen molar-refractivity contribution in [3.8, 4) is 0 Å². The summed E-state index contributed by atoms with van der Waals surface area (Å²) in [6.07, 6.45) is 3.70. The maximum atomic E-state index is 10.7. The molecule has 4 nitrogen and oxygen atoms in total. The summed E-state index contributed by atoms with van der Waals surface area (Å²) < 4.78 is 1.82. The molecule has 15 heavy (non-hydrogen) atoms. The van der Waals surface area contributed by atoms with E-state index >= 15 is 0 Å². The largest absolute Gasteiger partial charge is 0.295 e. The summed E-state index contributed by atoms with van der Waals surface area (Å²) >= 11 is 1.32. The van der Waals surface area contributed by atoms with Gasteiger partial charge in [0.15, 0.2) is 0 Å². The lowest BCUT2D eigenvalue weighted by molar-refractivity contribution is -0.387. The molecule has 1 aromatic carbocycles. The summed E-state index contributed by atoms with van der Waals surface area (Å²) in [5.41, 5.74) is 0.135. The van der Waals surface area contributed by atoms with Crippen molar-refractivity contribution in [1.82, 2.24) is 3.97 Å². The van der Waals surface area contributed by atoms with Gasteiger partial charge in [-0.1, -0.05) is 12.1 Å². The average Bonchev–Trinajstić information content (AvgIpc) is 2.71. The fourth-order valence-electron chi connectivity index (χ4n) is 1.18. The van der Waals surface area contributed by atoms with Crippen molar-refractivity contribution in [3.63, 3.8) is 0 Å². The molecule has 0 atom stereocenters. The first-order valence-corrected chi connectivity index (χ1v) is 5.09. The van der Waals surface area contributed by atoms with Gasteiger partial charge in [-0.15, -0.1) is 0 Å². The van der Waals surface area contributed by atoms with Crippen LogP contribution >= 0.6 is 11.9 Å². The Morgan fingerprint density at radius 2 is 1.80 bits per heavy atom. The molecule has 2 rings (SSSR count). The number of rotatable bonds is 3. The molecule has 0 amide bonds. The van der Waals surface area contributed by atoms with Crippen LogP contribution in [0.2, 0.25) is 0 Å². The van der Waals surface area contributed by atoms with Crippen molar-refractivity contribution in [3.05, 3.63) is 58.9 Å². The summed E-state index contributed by atoms with van der Waals surface area (Å²) in [5, 5.41) is 10.7. The summed E-state index contributed by atoms with van der Waals surface area (Å²) in [6.45, 7) is 0. The van der Waals surface area contributed by atoms with Crippen molar-refractivity contribution in [2.75, 3.05) is 0 Å². The number of nitro groups is 1. The molecule has 1 heterocycles. The van der Waals surface area contributed by atoms with E-state index in [1.54, 1.807) is 18.2 Å². The minimum atomic E-state index is -0.369. The molecule has 0 spiro atoms. The number of hydrogen-bond donors (Lipinski definition) is 0. The zero-order chi connectivity index (χ0) is 10.7. The van der Waals surface area contributed by atoms with Gasteiger partial charge in [-0.2, -0.15) is 0 Å². The maximum Gasteiger partial charge on any atom is 0.284 e. The quantitative estimate of drug-likeness (QED) is 0.590.